The van der Waals surface area contributed by atoms with E-state index in [-0.39, 0.29) is 17.2 Å². The van der Waals surface area contributed by atoms with E-state index >= 15 is 0 Å². The summed E-state index contributed by atoms with van der Waals surface area (Å²) in [5.74, 6) is -0.684. The average Bonchev–Trinajstić information content (AvgIpc) is 3.08. The van der Waals surface area contributed by atoms with Gasteiger partial charge in [0.1, 0.15) is 5.82 Å². The third-order valence-corrected chi connectivity index (χ3v) is 6.96. The molecule has 0 aromatic heterocycles. The molecule has 25 heavy (non-hydrogen) atoms. The quantitative estimate of drug-likeness (QED) is 0.726. The summed E-state index contributed by atoms with van der Waals surface area (Å²) in [5, 5.41) is 8.69. The fourth-order valence-corrected chi connectivity index (χ4v) is 5.76. The fraction of sp³-hybridized carbons (Fsp3) is 0.500. The Labute approximate surface area is 147 Å². The molecule has 0 spiro atoms. The van der Waals surface area contributed by atoms with E-state index in [0.717, 1.165) is 37.8 Å². The van der Waals surface area contributed by atoms with Crippen LogP contribution in [0.15, 0.2) is 41.3 Å². The second-order valence-electron chi connectivity index (χ2n) is 7.06. The van der Waals surface area contributed by atoms with Crippen LogP contribution in [0.1, 0.15) is 38.5 Å². The van der Waals surface area contributed by atoms with Crippen LogP contribution in [0.3, 0.4) is 0 Å². The van der Waals surface area contributed by atoms with Crippen LogP contribution >= 0.6 is 0 Å². The standard InChI is InChI=1S/C18H22FNO4S/c19-15-5-7-16(8-6-15)25(23,24)20-18-10-9-13(12-18)11-14(18)3-1-2-4-17(21)22/h1-2,5-8,13-14,20H,3-4,9-12H2,(H,21,22). The molecule has 1 aromatic carbocycles. The highest BCUT2D eigenvalue weighted by molar-refractivity contribution is 7.89. The predicted octanol–water partition coefficient (Wildman–Crippen LogP) is 3.08. The van der Waals surface area contributed by atoms with E-state index in [2.05, 4.69) is 4.72 Å². The summed E-state index contributed by atoms with van der Waals surface area (Å²) in [7, 11) is -3.72. The summed E-state index contributed by atoms with van der Waals surface area (Å²) >= 11 is 0. The van der Waals surface area contributed by atoms with Gasteiger partial charge in [0.25, 0.3) is 0 Å². The molecule has 3 unspecified atom stereocenters. The summed E-state index contributed by atoms with van der Waals surface area (Å²) in [6.45, 7) is 0. The molecule has 2 fully saturated rings. The number of sulfonamides is 1. The Balaban J connectivity index is 1.75. The number of aliphatic carboxylic acids is 1. The van der Waals surface area contributed by atoms with Crippen LogP contribution in [-0.2, 0) is 14.8 Å². The van der Waals surface area contributed by atoms with Crippen molar-refractivity contribution >= 4 is 16.0 Å². The van der Waals surface area contributed by atoms with E-state index in [1.807, 2.05) is 6.08 Å². The van der Waals surface area contributed by atoms with E-state index in [1.165, 1.54) is 12.1 Å². The molecule has 2 N–H and O–H groups in total. The zero-order chi connectivity index (χ0) is 18.1. The lowest BCUT2D eigenvalue weighted by Crippen LogP contribution is -2.50. The van der Waals surface area contributed by atoms with Crippen molar-refractivity contribution in [3.8, 4) is 0 Å². The van der Waals surface area contributed by atoms with E-state index < -0.39 is 27.3 Å². The molecule has 0 radical (unpaired) electrons. The van der Waals surface area contributed by atoms with Gasteiger partial charge >= 0.3 is 5.97 Å². The van der Waals surface area contributed by atoms with Crippen LogP contribution in [-0.4, -0.2) is 25.0 Å². The molecule has 2 aliphatic rings. The molecule has 3 rings (SSSR count). The zero-order valence-electron chi connectivity index (χ0n) is 13.8. The molecule has 1 aromatic rings. The third kappa shape index (κ3) is 3.93. The van der Waals surface area contributed by atoms with Crippen molar-refractivity contribution in [3.05, 3.63) is 42.2 Å². The summed E-state index contributed by atoms with van der Waals surface area (Å²) in [4.78, 5) is 10.7. The topological polar surface area (TPSA) is 83.5 Å². The normalized spacial score (nSPS) is 28.7. The van der Waals surface area contributed by atoms with Crippen molar-refractivity contribution in [1.82, 2.24) is 4.72 Å². The number of fused-ring (bicyclic) bond motifs is 2. The largest absolute Gasteiger partial charge is 0.481 e. The van der Waals surface area contributed by atoms with Crippen molar-refractivity contribution in [1.29, 1.82) is 0 Å². The second kappa shape index (κ2) is 6.88. The number of hydrogen-bond acceptors (Lipinski definition) is 3. The molecule has 2 aliphatic carbocycles. The molecule has 7 heteroatoms. The summed E-state index contributed by atoms with van der Waals surface area (Å²) in [5.41, 5.74) is -0.481. The van der Waals surface area contributed by atoms with Gasteiger partial charge in [0.15, 0.2) is 0 Å². The second-order valence-corrected chi connectivity index (χ2v) is 8.74. The van der Waals surface area contributed by atoms with E-state index in [9.17, 15) is 17.6 Å². The minimum absolute atomic E-state index is 0.0234. The summed E-state index contributed by atoms with van der Waals surface area (Å²) < 4.78 is 41.4. The number of hydrogen-bond donors (Lipinski definition) is 2. The van der Waals surface area contributed by atoms with E-state index in [0.29, 0.717) is 12.3 Å². The van der Waals surface area contributed by atoms with Crippen LogP contribution in [0.4, 0.5) is 4.39 Å². The molecule has 2 bridgehead atoms. The molecule has 2 saturated carbocycles. The van der Waals surface area contributed by atoms with Crippen molar-refractivity contribution in [2.45, 2.75) is 49.0 Å². The Bertz CT molecular complexity index is 775. The highest BCUT2D eigenvalue weighted by atomic mass is 32.2. The van der Waals surface area contributed by atoms with Gasteiger partial charge < -0.3 is 5.11 Å². The Hall–Kier alpha value is -1.73. The smallest absolute Gasteiger partial charge is 0.307 e. The molecule has 136 valence electrons. The SMILES string of the molecule is O=C(O)CC=CCC1CC2CCC1(NS(=O)(=O)c1ccc(F)cc1)C2. The number of allylic oxidation sites excluding steroid dienone is 1. The lowest BCUT2D eigenvalue weighted by molar-refractivity contribution is -0.136. The van der Waals surface area contributed by atoms with Gasteiger partial charge in [-0.15, -0.1) is 0 Å². The van der Waals surface area contributed by atoms with Crippen LogP contribution in [0.2, 0.25) is 0 Å². The van der Waals surface area contributed by atoms with Crippen LogP contribution in [0.25, 0.3) is 0 Å². The van der Waals surface area contributed by atoms with Gasteiger partial charge in [0.05, 0.1) is 11.3 Å². The van der Waals surface area contributed by atoms with Crippen LogP contribution in [0, 0.1) is 17.7 Å². The Morgan fingerprint density at radius 3 is 2.68 bits per heavy atom. The molecule has 0 heterocycles. The molecule has 5 nitrogen and oxygen atoms in total. The van der Waals surface area contributed by atoms with Crippen molar-refractivity contribution in [3.63, 3.8) is 0 Å². The maximum absolute atomic E-state index is 13.1. The minimum atomic E-state index is -3.72. The fourth-order valence-electron chi connectivity index (χ4n) is 4.26. The highest BCUT2D eigenvalue weighted by Crippen LogP contribution is 2.53. The monoisotopic (exact) mass is 367 g/mol. The highest BCUT2D eigenvalue weighted by Gasteiger charge is 2.53. The van der Waals surface area contributed by atoms with Crippen molar-refractivity contribution in [2.24, 2.45) is 11.8 Å². The Kier molecular flexibility index (Phi) is 4.97. The molecule has 0 saturated heterocycles. The van der Waals surface area contributed by atoms with Gasteiger partial charge in [-0.2, -0.15) is 0 Å². The van der Waals surface area contributed by atoms with Gasteiger partial charge in [-0.25, -0.2) is 17.5 Å². The zero-order valence-corrected chi connectivity index (χ0v) is 14.6. The third-order valence-electron chi connectivity index (χ3n) is 5.39. The van der Waals surface area contributed by atoms with Gasteiger partial charge in [0.2, 0.25) is 10.0 Å². The van der Waals surface area contributed by atoms with Gasteiger partial charge in [-0.3, -0.25) is 4.79 Å². The Morgan fingerprint density at radius 1 is 1.32 bits per heavy atom. The lowest BCUT2D eigenvalue weighted by Gasteiger charge is -2.35. The van der Waals surface area contributed by atoms with Crippen molar-refractivity contribution in [2.75, 3.05) is 0 Å². The maximum Gasteiger partial charge on any atom is 0.307 e. The first kappa shape index (κ1) is 18.1. The number of halogens is 1. The van der Waals surface area contributed by atoms with Gasteiger partial charge in [-0.1, -0.05) is 12.2 Å². The molecule has 3 atom stereocenters. The van der Waals surface area contributed by atoms with E-state index in [1.54, 1.807) is 6.08 Å². The molecular formula is C18H22FNO4S. The summed E-state index contributed by atoms with van der Waals surface area (Å²) in [6, 6.07) is 4.84. The maximum atomic E-state index is 13.1. The molecule has 0 amide bonds. The average molecular weight is 367 g/mol. The number of nitrogens with one attached hydrogen (secondary N) is 1. The number of rotatable bonds is 7. The first-order valence-electron chi connectivity index (χ1n) is 8.47. The first-order valence-corrected chi connectivity index (χ1v) is 9.95. The predicted molar refractivity (Wildman–Crippen MR) is 90.9 cm³/mol. The van der Waals surface area contributed by atoms with Gasteiger partial charge in [0, 0.05) is 5.54 Å². The number of carbonyl (C=O) groups is 1. The van der Waals surface area contributed by atoms with E-state index in [4.69, 9.17) is 5.11 Å². The minimum Gasteiger partial charge on any atom is -0.481 e. The Morgan fingerprint density at radius 2 is 2.04 bits per heavy atom. The van der Waals surface area contributed by atoms with Crippen molar-refractivity contribution < 1.29 is 22.7 Å². The number of carboxylic acids is 1. The van der Waals surface area contributed by atoms with Gasteiger partial charge in [-0.05, 0) is 68.2 Å². The molecular weight excluding hydrogens is 345 g/mol. The lowest BCUT2D eigenvalue weighted by atomic mass is 9.81. The first-order chi connectivity index (χ1) is 11.8. The van der Waals surface area contributed by atoms with Crippen LogP contribution in [0.5, 0.6) is 0 Å². The molecule has 0 aliphatic heterocycles. The number of benzene rings is 1. The van der Waals surface area contributed by atoms with Crippen LogP contribution < -0.4 is 4.72 Å². The summed E-state index contributed by atoms with van der Waals surface area (Å²) in [6.07, 6.45) is 7.65. The number of carboxylic acid groups (broad SMARTS) is 1.